The summed E-state index contributed by atoms with van der Waals surface area (Å²) in [4.78, 5) is 16.1. The van der Waals surface area contributed by atoms with Gasteiger partial charge in [-0.2, -0.15) is 0 Å². The van der Waals surface area contributed by atoms with E-state index < -0.39 is 0 Å². The molecular weight excluding hydrogens is 218 g/mol. The van der Waals surface area contributed by atoms with Crippen LogP contribution in [0, 0.1) is 0 Å². The van der Waals surface area contributed by atoms with Crippen LogP contribution in [0.25, 0.3) is 10.9 Å². The van der Waals surface area contributed by atoms with E-state index in [0.29, 0.717) is 13.2 Å². The van der Waals surface area contributed by atoms with Gasteiger partial charge in [0, 0.05) is 23.8 Å². The van der Waals surface area contributed by atoms with Crippen molar-refractivity contribution < 1.29 is 4.74 Å². The maximum Gasteiger partial charge on any atom is 0.271 e. The molecule has 1 aliphatic rings. The van der Waals surface area contributed by atoms with Crippen LogP contribution in [0.5, 0.6) is 0 Å². The number of ether oxygens (including phenoxy) is 1. The van der Waals surface area contributed by atoms with Crippen LogP contribution in [-0.4, -0.2) is 36.0 Å². The Labute approximate surface area is 98.2 Å². The quantitative estimate of drug-likeness (QED) is 0.711. The molecule has 3 rings (SSSR count). The summed E-state index contributed by atoms with van der Waals surface area (Å²) in [6.07, 6.45) is 3.54. The van der Waals surface area contributed by atoms with E-state index in [1.165, 1.54) is 0 Å². The van der Waals surface area contributed by atoms with Crippen molar-refractivity contribution in [2.75, 3.05) is 31.3 Å². The Morgan fingerprint density at radius 3 is 2.94 bits per heavy atom. The lowest BCUT2D eigenvalue weighted by Crippen LogP contribution is -2.48. The van der Waals surface area contributed by atoms with Gasteiger partial charge < -0.3 is 9.75 Å². The molecule has 0 radical (unpaired) electrons. The summed E-state index contributed by atoms with van der Waals surface area (Å²) < 4.78 is 6.94. The lowest BCUT2D eigenvalue weighted by Gasteiger charge is -2.30. The van der Waals surface area contributed by atoms with E-state index >= 15 is 0 Å². The number of aromatic nitrogens is 2. The molecule has 0 aromatic carbocycles. The second-order valence-corrected chi connectivity index (χ2v) is 4.00. The Kier molecular flexibility index (Phi) is 2.53. The highest BCUT2D eigenvalue weighted by Crippen LogP contribution is 2.07. The van der Waals surface area contributed by atoms with Gasteiger partial charge in [0.05, 0.1) is 31.8 Å². The Bertz CT molecular complexity index is 588. The molecule has 17 heavy (non-hydrogen) atoms. The van der Waals surface area contributed by atoms with Crippen LogP contribution in [0.3, 0.4) is 0 Å². The number of hydrogen-bond donors (Lipinski definition) is 0. The van der Waals surface area contributed by atoms with Crippen LogP contribution < -0.4 is 10.6 Å². The van der Waals surface area contributed by atoms with E-state index in [9.17, 15) is 4.79 Å². The summed E-state index contributed by atoms with van der Waals surface area (Å²) in [5.74, 6) is 0. The highest BCUT2D eigenvalue weighted by Gasteiger charge is 2.12. The van der Waals surface area contributed by atoms with Crippen molar-refractivity contribution in [1.82, 2.24) is 9.66 Å². The average molecular weight is 231 g/mol. The first kappa shape index (κ1) is 10.3. The first-order chi connectivity index (χ1) is 8.34. The topological polar surface area (TPSA) is 47.4 Å². The van der Waals surface area contributed by atoms with E-state index in [1.807, 2.05) is 23.3 Å². The zero-order valence-corrected chi connectivity index (χ0v) is 9.37. The van der Waals surface area contributed by atoms with Crippen molar-refractivity contribution in [3.05, 3.63) is 40.9 Å². The molecule has 0 bridgehead atoms. The van der Waals surface area contributed by atoms with Crippen LogP contribution in [0.2, 0.25) is 0 Å². The highest BCUT2D eigenvalue weighted by atomic mass is 16.5. The molecule has 1 saturated heterocycles. The third-order valence-electron chi connectivity index (χ3n) is 2.91. The minimum Gasteiger partial charge on any atom is -0.378 e. The summed E-state index contributed by atoms with van der Waals surface area (Å²) in [5.41, 5.74) is 0.695. The summed E-state index contributed by atoms with van der Waals surface area (Å²) in [6.45, 7) is 2.81. The van der Waals surface area contributed by atoms with Gasteiger partial charge in [0.2, 0.25) is 0 Å². The fourth-order valence-corrected chi connectivity index (χ4v) is 2.03. The van der Waals surface area contributed by atoms with Crippen LogP contribution in [0.15, 0.2) is 35.4 Å². The molecule has 0 spiro atoms. The van der Waals surface area contributed by atoms with Gasteiger partial charge in [-0.3, -0.25) is 9.78 Å². The standard InChI is InChI=1S/C12H13N3O2/c16-12-8-11-10(2-1-3-13-11)9-15(12)14-4-6-17-7-5-14/h1-3,8-9H,4-7H2. The monoisotopic (exact) mass is 231 g/mol. The fraction of sp³-hybridized carbons (Fsp3) is 0.333. The molecule has 0 unspecified atom stereocenters. The molecule has 5 heteroatoms. The second kappa shape index (κ2) is 4.18. The summed E-state index contributed by atoms with van der Waals surface area (Å²) >= 11 is 0. The van der Waals surface area contributed by atoms with Crippen molar-refractivity contribution in [1.29, 1.82) is 0 Å². The molecule has 2 aromatic heterocycles. The Hall–Kier alpha value is -1.88. The normalized spacial score (nSPS) is 16.4. The van der Waals surface area contributed by atoms with Crippen molar-refractivity contribution in [2.45, 2.75) is 0 Å². The van der Waals surface area contributed by atoms with Gasteiger partial charge in [-0.1, -0.05) is 0 Å². The maximum absolute atomic E-state index is 12.0. The molecule has 0 atom stereocenters. The lowest BCUT2D eigenvalue weighted by atomic mass is 10.3. The number of pyridine rings is 2. The van der Waals surface area contributed by atoms with E-state index in [4.69, 9.17) is 4.74 Å². The van der Waals surface area contributed by atoms with Crippen LogP contribution in [0.4, 0.5) is 0 Å². The van der Waals surface area contributed by atoms with Gasteiger partial charge in [-0.25, -0.2) is 4.68 Å². The SMILES string of the molecule is O=c1cc2ncccc2cn1N1CCOCC1. The van der Waals surface area contributed by atoms with Crippen molar-refractivity contribution in [3.63, 3.8) is 0 Å². The molecule has 5 nitrogen and oxygen atoms in total. The van der Waals surface area contributed by atoms with Crippen LogP contribution >= 0.6 is 0 Å². The molecule has 0 N–H and O–H groups in total. The van der Waals surface area contributed by atoms with Gasteiger partial charge in [0.1, 0.15) is 0 Å². The number of morpholine rings is 1. The van der Waals surface area contributed by atoms with Crippen molar-refractivity contribution in [3.8, 4) is 0 Å². The highest BCUT2D eigenvalue weighted by molar-refractivity contribution is 5.76. The van der Waals surface area contributed by atoms with Gasteiger partial charge in [-0.05, 0) is 12.1 Å². The first-order valence-electron chi connectivity index (χ1n) is 5.65. The minimum absolute atomic E-state index is 0.0434. The molecule has 88 valence electrons. The molecular formula is C12H13N3O2. The zero-order chi connectivity index (χ0) is 11.7. The molecule has 0 amide bonds. The fourth-order valence-electron chi connectivity index (χ4n) is 2.03. The summed E-state index contributed by atoms with van der Waals surface area (Å²) in [6, 6.07) is 5.40. The second-order valence-electron chi connectivity index (χ2n) is 4.00. The molecule has 1 fully saturated rings. The Morgan fingerprint density at radius 2 is 2.12 bits per heavy atom. The van der Waals surface area contributed by atoms with Crippen molar-refractivity contribution in [2.24, 2.45) is 0 Å². The number of nitrogens with zero attached hydrogens (tertiary/aromatic N) is 3. The van der Waals surface area contributed by atoms with E-state index in [1.54, 1.807) is 16.9 Å². The van der Waals surface area contributed by atoms with Crippen LogP contribution in [0.1, 0.15) is 0 Å². The molecule has 1 aliphatic heterocycles. The van der Waals surface area contributed by atoms with E-state index in [-0.39, 0.29) is 5.56 Å². The number of hydrogen-bond acceptors (Lipinski definition) is 4. The van der Waals surface area contributed by atoms with Gasteiger partial charge in [-0.15, -0.1) is 0 Å². The summed E-state index contributed by atoms with van der Waals surface area (Å²) in [5, 5.41) is 2.97. The third-order valence-corrected chi connectivity index (χ3v) is 2.91. The van der Waals surface area contributed by atoms with E-state index in [0.717, 1.165) is 24.0 Å². The van der Waals surface area contributed by atoms with Gasteiger partial charge >= 0.3 is 0 Å². The van der Waals surface area contributed by atoms with E-state index in [2.05, 4.69) is 4.98 Å². The maximum atomic E-state index is 12.0. The lowest BCUT2D eigenvalue weighted by molar-refractivity contribution is 0.111. The minimum atomic E-state index is -0.0434. The van der Waals surface area contributed by atoms with Gasteiger partial charge in [0.25, 0.3) is 5.56 Å². The predicted octanol–water partition coefficient (Wildman–Crippen LogP) is 0.365. The molecule has 0 aliphatic carbocycles. The number of rotatable bonds is 1. The Balaban J connectivity index is 2.09. The average Bonchev–Trinajstić information content (AvgIpc) is 2.39. The number of fused-ring (bicyclic) bond motifs is 1. The smallest absolute Gasteiger partial charge is 0.271 e. The third kappa shape index (κ3) is 1.89. The zero-order valence-electron chi connectivity index (χ0n) is 9.37. The van der Waals surface area contributed by atoms with Crippen molar-refractivity contribution >= 4 is 10.9 Å². The van der Waals surface area contributed by atoms with Gasteiger partial charge in [0.15, 0.2) is 0 Å². The largest absolute Gasteiger partial charge is 0.378 e. The molecule has 2 aromatic rings. The van der Waals surface area contributed by atoms with Crippen LogP contribution in [-0.2, 0) is 4.74 Å². The Morgan fingerprint density at radius 1 is 1.29 bits per heavy atom. The molecule has 0 saturated carbocycles. The predicted molar refractivity (Wildman–Crippen MR) is 64.8 cm³/mol. The summed E-state index contributed by atoms with van der Waals surface area (Å²) in [7, 11) is 0. The molecule has 3 heterocycles. The first-order valence-corrected chi connectivity index (χ1v) is 5.65.